The summed E-state index contributed by atoms with van der Waals surface area (Å²) in [6.45, 7) is 7.87. The number of carbonyl (C=O) groups is 1. The van der Waals surface area contributed by atoms with Crippen molar-refractivity contribution in [1.29, 1.82) is 0 Å². The maximum absolute atomic E-state index is 12.3. The van der Waals surface area contributed by atoms with Crippen LogP contribution in [0.4, 0.5) is 5.69 Å². The van der Waals surface area contributed by atoms with E-state index in [0.717, 1.165) is 11.8 Å². The van der Waals surface area contributed by atoms with Crippen molar-refractivity contribution in [2.75, 3.05) is 5.75 Å². The summed E-state index contributed by atoms with van der Waals surface area (Å²) in [5.74, 6) is 0.362. The largest absolute Gasteiger partial charge is 0.411 e. The third-order valence-electron chi connectivity index (χ3n) is 3.43. The van der Waals surface area contributed by atoms with Crippen LogP contribution in [-0.4, -0.2) is 43.8 Å². The summed E-state index contributed by atoms with van der Waals surface area (Å²) in [5.41, 5.74) is 0.412. The number of amides is 1. The fourth-order valence-electron chi connectivity index (χ4n) is 2.51. The number of aromatic nitrogens is 2. The molecule has 0 saturated carbocycles. The lowest BCUT2D eigenvalue weighted by Crippen LogP contribution is -2.43. The molecule has 0 spiro atoms. The number of benzene rings is 1. The molecule has 1 amide bonds. The highest BCUT2D eigenvalue weighted by atomic mass is 32.2. The summed E-state index contributed by atoms with van der Waals surface area (Å²) in [6, 6.07) is 6.18. The number of rotatable bonds is 7. The molecule has 0 aliphatic carbocycles. The Morgan fingerprint density at radius 3 is 2.56 bits per heavy atom. The number of hydrogen-bond donors (Lipinski definition) is 0. The number of nitro groups is 1. The topological polar surface area (TPSA) is 102 Å². The molecule has 0 aliphatic rings. The Labute approximate surface area is 149 Å². The van der Waals surface area contributed by atoms with Crippen molar-refractivity contribution < 1.29 is 14.1 Å². The summed E-state index contributed by atoms with van der Waals surface area (Å²) in [6.07, 6.45) is 0. The average Bonchev–Trinajstić information content (AvgIpc) is 3.01. The van der Waals surface area contributed by atoms with Gasteiger partial charge in [-0.1, -0.05) is 17.8 Å². The minimum Gasteiger partial charge on any atom is -0.411 e. The van der Waals surface area contributed by atoms with Crippen LogP contribution in [0.5, 0.6) is 0 Å². The molecule has 1 heterocycles. The fraction of sp³-hybridized carbons (Fsp3) is 0.438. The number of nitrogens with zero attached hydrogens (tertiary/aromatic N) is 4. The monoisotopic (exact) mass is 364 g/mol. The molecular formula is C16H20N4O4S. The highest BCUT2D eigenvalue weighted by Gasteiger charge is 2.21. The maximum atomic E-state index is 12.3. The highest BCUT2D eigenvalue weighted by molar-refractivity contribution is 7.99. The van der Waals surface area contributed by atoms with E-state index in [1.807, 2.05) is 27.7 Å². The standard InChI is InChI=1S/C16H20N4O4S/c1-10(2)19(11(3)4)14(21)9-25-16-18-17-15(24-16)12-6-5-7-13(8-12)20(22)23/h5-8,10-11H,9H2,1-4H3. The molecule has 0 aliphatic heterocycles. The summed E-state index contributed by atoms with van der Waals surface area (Å²) in [5, 5.41) is 18.9. The van der Waals surface area contributed by atoms with Gasteiger partial charge >= 0.3 is 0 Å². The molecule has 0 unspecified atom stereocenters. The van der Waals surface area contributed by atoms with E-state index < -0.39 is 4.92 Å². The Balaban J connectivity index is 2.06. The zero-order valence-corrected chi connectivity index (χ0v) is 15.3. The maximum Gasteiger partial charge on any atom is 0.277 e. The number of non-ortho nitro benzene ring substituents is 1. The van der Waals surface area contributed by atoms with E-state index >= 15 is 0 Å². The first-order valence-corrected chi connectivity index (χ1v) is 8.80. The van der Waals surface area contributed by atoms with Crippen LogP contribution >= 0.6 is 11.8 Å². The van der Waals surface area contributed by atoms with E-state index in [1.54, 1.807) is 17.0 Å². The van der Waals surface area contributed by atoms with E-state index in [0.29, 0.717) is 5.56 Å². The van der Waals surface area contributed by atoms with Crippen LogP contribution in [0, 0.1) is 10.1 Å². The van der Waals surface area contributed by atoms with Crippen molar-refractivity contribution in [3.63, 3.8) is 0 Å². The minimum absolute atomic E-state index is 0.00917. The Morgan fingerprint density at radius 1 is 1.28 bits per heavy atom. The van der Waals surface area contributed by atoms with Crippen LogP contribution in [0.3, 0.4) is 0 Å². The summed E-state index contributed by atoms with van der Waals surface area (Å²) in [7, 11) is 0. The molecule has 2 aromatic rings. The Hall–Kier alpha value is -2.42. The smallest absolute Gasteiger partial charge is 0.277 e. The SMILES string of the molecule is CC(C)N(C(=O)CSc1nnc(-c2cccc([N+](=O)[O-])c2)o1)C(C)C. The van der Waals surface area contributed by atoms with Gasteiger partial charge in [0.05, 0.1) is 10.7 Å². The van der Waals surface area contributed by atoms with Crippen molar-refractivity contribution in [2.24, 2.45) is 0 Å². The second-order valence-electron chi connectivity index (χ2n) is 5.96. The van der Waals surface area contributed by atoms with Crippen LogP contribution in [0.25, 0.3) is 11.5 Å². The second-order valence-corrected chi connectivity index (χ2v) is 6.88. The van der Waals surface area contributed by atoms with Crippen molar-refractivity contribution in [2.45, 2.75) is 45.0 Å². The molecule has 0 saturated heterocycles. The van der Waals surface area contributed by atoms with E-state index in [4.69, 9.17) is 4.42 Å². The third-order valence-corrected chi connectivity index (χ3v) is 4.23. The summed E-state index contributed by atoms with van der Waals surface area (Å²) >= 11 is 1.15. The molecule has 0 radical (unpaired) electrons. The lowest BCUT2D eigenvalue weighted by molar-refractivity contribution is -0.384. The third kappa shape index (κ3) is 4.79. The van der Waals surface area contributed by atoms with Crippen molar-refractivity contribution in [1.82, 2.24) is 15.1 Å². The Kier molecular flexibility index (Phi) is 6.13. The van der Waals surface area contributed by atoms with Gasteiger partial charge < -0.3 is 9.32 Å². The normalized spacial score (nSPS) is 11.1. The zero-order chi connectivity index (χ0) is 18.6. The minimum atomic E-state index is -0.486. The van der Waals surface area contributed by atoms with Crippen LogP contribution in [0.15, 0.2) is 33.9 Å². The Morgan fingerprint density at radius 2 is 1.96 bits per heavy atom. The molecule has 0 N–H and O–H groups in total. The average molecular weight is 364 g/mol. The fourth-order valence-corrected chi connectivity index (χ4v) is 3.14. The van der Waals surface area contributed by atoms with Gasteiger partial charge in [-0.3, -0.25) is 14.9 Å². The van der Waals surface area contributed by atoms with Crippen LogP contribution < -0.4 is 0 Å². The first-order valence-electron chi connectivity index (χ1n) is 7.82. The van der Waals surface area contributed by atoms with Gasteiger partial charge in [0.1, 0.15) is 0 Å². The van der Waals surface area contributed by atoms with E-state index in [2.05, 4.69) is 10.2 Å². The number of nitro benzene ring substituents is 1. The van der Waals surface area contributed by atoms with Gasteiger partial charge in [0.15, 0.2) is 0 Å². The van der Waals surface area contributed by atoms with Crippen LogP contribution in [0.2, 0.25) is 0 Å². The lowest BCUT2D eigenvalue weighted by Gasteiger charge is -2.30. The molecule has 1 aromatic carbocycles. The van der Waals surface area contributed by atoms with Gasteiger partial charge in [0.2, 0.25) is 11.8 Å². The first-order chi connectivity index (χ1) is 11.8. The summed E-state index contributed by atoms with van der Waals surface area (Å²) in [4.78, 5) is 24.5. The predicted octanol–water partition coefficient (Wildman–Crippen LogP) is 3.38. The van der Waals surface area contributed by atoms with E-state index in [-0.39, 0.29) is 40.5 Å². The number of carbonyl (C=O) groups excluding carboxylic acids is 1. The van der Waals surface area contributed by atoms with Gasteiger partial charge in [0.25, 0.3) is 10.9 Å². The molecule has 2 rings (SSSR count). The molecular weight excluding hydrogens is 344 g/mol. The molecule has 0 atom stereocenters. The van der Waals surface area contributed by atoms with Crippen LogP contribution in [0.1, 0.15) is 27.7 Å². The molecule has 0 fully saturated rings. The quantitative estimate of drug-likeness (QED) is 0.421. The van der Waals surface area contributed by atoms with Gasteiger partial charge in [-0.25, -0.2) is 0 Å². The Bertz CT molecular complexity index is 752. The van der Waals surface area contributed by atoms with Gasteiger partial charge in [0, 0.05) is 29.8 Å². The number of thioether (sulfide) groups is 1. The molecule has 25 heavy (non-hydrogen) atoms. The van der Waals surface area contributed by atoms with Crippen molar-refractivity contribution >= 4 is 23.4 Å². The van der Waals surface area contributed by atoms with Crippen molar-refractivity contribution in [3.8, 4) is 11.5 Å². The molecule has 9 heteroatoms. The van der Waals surface area contributed by atoms with Gasteiger partial charge in [-0.05, 0) is 33.8 Å². The van der Waals surface area contributed by atoms with Crippen molar-refractivity contribution in [3.05, 3.63) is 34.4 Å². The van der Waals surface area contributed by atoms with E-state index in [1.165, 1.54) is 12.1 Å². The van der Waals surface area contributed by atoms with E-state index in [9.17, 15) is 14.9 Å². The lowest BCUT2D eigenvalue weighted by atomic mass is 10.2. The summed E-state index contributed by atoms with van der Waals surface area (Å²) < 4.78 is 5.50. The van der Waals surface area contributed by atoms with Gasteiger partial charge in [-0.15, -0.1) is 10.2 Å². The predicted molar refractivity (Wildman–Crippen MR) is 94.2 cm³/mol. The first kappa shape index (κ1) is 18.9. The molecule has 1 aromatic heterocycles. The highest BCUT2D eigenvalue weighted by Crippen LogP contribution is 2.26. The zero-order valence-electron chi connectivity index (χ0n) is 14.5. The van der Waals surface area contributed by atoms with Gasteiger partial charge in [-0.2, -0.15) is 0 Å². The molecule has 8 nitrogen and oxygen atoms in total. The molecule has 0 bridgehead atoms. The van der Waals surface area contributed by atoms with Crippen LogP contribution in [-0.2, 0) is 4.79 Å². The second kappa shape index (κ2) is 8.11. The molecule has 134 valence electrons. The number of hydrogen-bond acceptors (Lipinski definition) is 7.